The second-order valence-electron chi connectivity index (χ2n) is 4.63. The zero-order valence-corrected chi connectivity index (χ0v) is 14.4. The number of thiocarbonyl (C=S) groups is 1. The molecule has 0 atom stereocenters. The topological polar surface area (TPSA) is 41.6 Å². The van der Waals surface area contributed by atoms with Gasteiger partial charge in [-0.15, -0.1) is 0 Å². The molecule has 0 aliphatic carbocycles. The summed E-state index contributed by atoms with van der Waals surface area (Å²) in [5.74, 6) is -0.183. The molecule has 7 heteroatoms. The maximum atomic E-state index is 12.4. The fourth-order valence-corrected chi connectivity index (χ4v) is 2.83. The summed E-state index contributed by atoms with van der Waals surface area (Å²) in [6.45, 7) is 3.70. The Morgan fingerprint density at radius 3 is 2.68 bits per heavy atom. The van der Waals surface area contributed by atoms with Gasteiger partial charge in [0.2, 0.25) is 0 Å². The minimum absolute atomic E-state index is 0.183. The number of nitrogens with one attached hydrogen (secondary N) is 1. The molecular weight excluding hydrogens is 343 g/mol. The van der Waals surface area contributed by atoms with E-state index in [1.165, 1.54) is 4.90 Å². The molecule has 1 aromatic rings. The van der Waals surface area contributed by atoms with E-state index < -0.39 is 0 Å². The third-order valence-corrected chi connectivity index (χ3v) is 4.11. The van der Waals surface area contributed by atoms with Crippen LogP contribution < -0.4 is 5.32 Å². The molecule has 1 amide bonds. The predicted molar refractivity (Wildman–Crippen MR) is 93.0 cm³/mol. The van der Waals surface area contributed by atoms with Crippen molar-refractivity contribution < 1.29 is 9.53 Å². The van der Waals surface area contributed by atoms with Crippen molar-refractivity contribution in [1.29, 1.82) is 0 Å². The third kappa shape index (κ3) is 3.98. The second-order valence-corrected chi connectivity index (χ2v) is 5.83. The van der Waals surface area contributed by atoms with Gasteiger partial charge in [0.1, 0.15) is 5.70 Å². The molecule has 2 rings (SSSR count). The summed E-state index contributed by atoms with van der Waals surface area (Å²) in [7, 11) is 0. The average Bonchev–Trinajstić information content (AvgIpc) is 2.74. The Morgan fingerprint density at radius 1 is 1.36 bits per heavy atom. The molecule has 0 saturated carbocycles. The molecule has 118 valence electrons. The lowest BCUT2D eigenvalue weighted by Crippen LogP contribution is -2.32. The summed E-state index contributed by atoms with van der Waals surface area (Å²) in [4.78, 5) is 13.9. The van der Waals surface area contributed by atoms with E-state index in [-0.39, 0.29) is 5.91 Å². The average molecular weight is 359 g/mol. The van der Waals surface area contributed by atoms with Crippen LogP contribution in [-0.4, -0.2) is 35.7 Å². The van der Waals surface area contributed by atoms with E-state index in [0.717, 1.165) is 6.42 Å². The summed E-state index contributed by atoms with van der Waals surface area (Å²) >= 11 is 17.4. The number of rotatable bonds is 6. The Labute approximate surface area is 145 Å². The van der Waals surface area contributed by atoms with Crippen molar-refractivity contribution in [2.45, 2.75) is 13.3 Å². The number of hydrogen-bond donors (Lipinski definition) is 1. The molecule has 1 heterocycles. The largest absolute Gasteiger partial charge is 0.382 e. The summed E-state index contributed by atoms with van der Waals surface area (Å²) in [6, 6.07) is 5.19. The number of benzene rings is 1. The van der Waals surface area contributed by atoms with Gasteiger partial charge < -0.3 is 10.1 Å². The Morgan fingerprint density at radius 2 is 2.05 bits per heavy atom. The highest BCUT2D eigenvalue weighted by atomic mass is 35.5. The van der Waals surface area contributed by atoms with Crippen molar-refractivity contribution in [3.8, 4) is 0 Å². The number of nitrogens with zero attached hydrogens (tertiary/aromatic N) is 1. The Bertz CT molecular complexity index is 599. The molecule has 0 bridgehead atoms. The number of hydrogen-bond acceptors (Lipinski definition) is 3. The van der Waals surface area contributed by atoms with E-state index in [0.29, 0.717) is 46.2 Å². The van der Waals surface area contributed by atoms with Crippen LogP contribution in [0.4, 0.5) is 0 Å². The van der Waals surface area contributed by atoms with Crippen LogP contribution >= 0.6 is 35.4 Å². The molecule has 1 N–H and O–H groups in total. The van der Waals surface area contributed by atoms with Crippen LogP contribution in [0.3, 0.4) is 0 Å². The fraction of sp³-hybridized carbons (Fsp3) is 0.333. The van der Waals surface area contributed by atoms with E-state index in [9.17, 15) is 4.79 Å². The molecule has 1 fully saturated rings. The number of carbonyl (C=O) groups is 1. The summed E-state index contributed by atoms with van der Waals surface area (Å²) in [5, 5.41) is 4.26. The second kappa shape index (κ2) is 7.92. The minimum Gasteiger partial charge on any atom is -0.382 e. The van der Waals surface area contributed by atoms with Crippen LogP contribution in [0.5, 0.6) is 0 Å². The van der Waals surface area contributed by atoms with Crippen LogP contribution in [0, 0.1) is 0 Å². The van der Waals surface area contributed by atoms with Gasteiger partial charge in [0.05, 0.1) is 0 Å². The normalized spacial score (nSPS) is 16.5. The molecule has 0 spiro atoms. The quantitative estimate of drug-likeness (QED) is 0.480. The Hall–Kier alpha value is -1.14. The van der Waals surface area contributed by atoms with Gasteiger partial charge in [0.15, 0.2) is 5.11 Å². The Kier molecular flexibility index (Phi) is 6.20. The van der Waals surface area contributed by atoms with E-state index in [1.54, 1.807) is 24.3 Å². The first-order chi connectivity index (χ1) is 10.5. The van der Waals surface area contributed by atoms with Gasteiger partial charge in [-0.2, -0.15) is 0 Å². The summed E-state index contributed by atoms with van der Waals surface area (Å²) in [6.07, 6.45) is 2.35. The monoisotopic (exact) mass is 358 g/mol. The molecule has 1 aliphatic rings. The number of ether oxygens (including phenoxy) is 1. The van der Waals surface area contributed by atoms with Crippen molar-refractivity contribution in [1.82, 2.24) is 10.2 Å². The predicted octanol–water partition coefficient (Wildman–Crippen LogP) is 3.48. The standard InChI is InChI=1S/C15H16Cl2N2O2S/c1-2-21-8-4-7-19-14(20)13(18-15(19)22)9-10-11(16)5-3-6-12(10)17/h3,5-6,9H,2,4,7-8H2,1H3,(H,18,22)/b13-9+. The van der Waals surface area contributed by atoms with Crippen molar-refractivity contribution >= 4 is 52.5 Å². The van der Waals surface area contributed by atoms with Gasteiger partial charge in [0.25, 0.3) is 5.91 Å². The lowest BCUT2D eigenvalue weighted by molar-refractivity contribution is -0.122. The molecule has 1 aliphatic heterocycles. The van der Waals surface area contributed by atoms with Gasteiger partial charge in [0, 0.05) is 35.4 Å². The lowest BCUT2D eigenvalue weighted by atomic mass is 10.2. The van der Waals surface area contributed by atoms with Gasteiger partial charge in [-0.3, -0.25) is 9.69 Å². The molecule has 0 unspecified atom stereocenters. The minimum atomic E-state index is -0.183. The first kappa shape index (κ1) is 17.2. The number of carbonyl (C=O) groups excluding carboxylic acids is 1. The maximum absolute atomic E-state index is 12.4. The SMILES string of the molecule is CCOCCCN1C(=O)/C(=C\c2c(Cl)cccc2Cl)NC1=S. The van der Waals surface area contributed by atoms with Crippen LogP contribution in [-0.2, 0) is 9.53 Å². The van der Waals surface area contributed by atoms with Crippen molar-refractivity contribution in [3.05, 3.63) is 39.5 Å². The van der Waals surface area contributed by atoms with Gasteiger partial charge in [-0.1, -0.05) is 29.3 Å². The highest BCUT2D eigenvalue weighted by molar-refractivity contribution is 7.80. The first-order valence-corrected chi connectivity index (χ1v) is 8.07. The molecule has 4 nitrogen and oxygen atoms in total. The molecule has 1 aromatic carbocycles. The lowest BCUT2D eigenvalue weighted by Gasteiger charge is -2.13. The molecule has 1 saturated heterocycles. The first-order valence-electron chi connectivity index (χ1n) is 6.91. The highest BCUT2D eigenvalue weighted by Crippen LogP contribution is 2.27. The van der Waals surface area contributed by atoms with Crippen molar-refractivity contribution in [2.24, 2.45) is 0 Å². The maximum Gasteiger partial charge on any atom is 0.276 e. The molecule has 0 radical (unpaired) electrons. The fourth-order valence-electron chi connectivity index (χ4n) is 2.04. The van der Waals surface area contributed by atoms with E-state index >= 15 is 0 Å². The van der Waals surface area contributed by atoms with Crippen molar-refractivity contribution in [3.63, 3.8) is 0 Å². The van der Waals surface area contributed by atoms with Gasteiger partial charge >= 0.3 is 0 Å². The smallest absolute Gasteiger partial charge is 0.276 e. The van der Waals surface area contributed by atoms with Gasteiger partial charge in [-0.05, 0) is 43.8 Å². The number of halogens is 2. The zero-order valence-electron chi connectivity index (χ0n) is 12.1. The summed E-state index contributed by atoms with van der Waals surface area (Å²) in [5.41, 5.74) is 0.969. The van der Waals surface area contributed by atoms with Gasteiger partial charge in [-0.25, -0.2) is 0 Å². The molecule has 0 aromatic heterocycles. The van der Waals surface area contributed by atoms with Crippen LogP contribution in [0.15, 0.2) is 23.9 Å². The van der Waals surface area contributed by atoms with Crippen LogP contribution in [0.2, 0.25) is 10.0 Å². The number of amides is 1. The zero-order chi connectivity index (χ0) is 16.1. The highest BCUT2D eigenvalue weighted by Gasteiger charge is 2.30. The van der Waals surface area contributed by atoms with E-state index in [4.69, 9.17) is 40.2 Å². The summed E-state index contributed by atoms with van der Waals surface area (Å²) < 4.78 is 5.27. The molecular formula is C15H16Cl2N2O2S. The third-order valence-electron chi connectivity index (χ3n) is 3.13. The molecule has 22 heavy (non-hydrogen) atoms. The van der Waals surface area contributed by atoms with Crippen molar-refractivity contribution in [2.75, 3.05) is 19.8 Å². The van der Waals surface area contributed by atoms with Crippen LogP contribution in [0.1, 0.15) is 18.9 Å². The van der Waals surface area contributed by atoms with Crippen LogP contribution in [0.25, 0.3) is 6.08 Å². The Balaban J connectivity index is 2.12. The van der Waals surface area contributed by atoms with E-state index in [2.05, 4.69) is 5.32 Å². The van der Waals surface area contributed by atoms with E-state index in [1.807, 2.05) is 6.92 Å².